The zero-order chi connectivity index (χ0) is 24.7. The number of nitrogens with zero attached hydrogens (tertiary/aromatic N) is 1. The van der Waals surface area contributed by atoms with Gasteiger partial charge in [-0.1, -0.05) is 57.2 Å². The molecule has 3 heterocycles. The summed E-state index contributed by atoms with van der Waals surface area (Å²) in [5.74, 6) is -0.384. The van der Waals surface area contributed by atoms with Crippen molar-refractivity contribution in [1.82, 2.24) is 20.5 Å². The molecule has 1 aromatic heterocycles. The van der Waals surface area contributed by atoms with Crippen LogP contribution in [0.3, 0.4) is 0 Å². The van der Waals surface area contributed by atoms with Crippen molar-refractivity contribution in [2.75, 3.05) is 6.54 Å². The van der Waals surface area contributed by atoms with Gasteiger partial charge in [-0.15, -0.1) is 0 Å². The Morgan fingerprint density at radius 2 is 1.86 bits per heavy atom. The summed E-state index contributed by atoms with van der Waals surface area (Å²) in [4.78, 5) is 45.4. The molecule has 0 fully saturated rings. The number of carbonyl (C=O) groups is 3. The highest BCUT2D eigenvalue weighted by molar-refractivity contribution is 6.04. The second-order valence-electron chi connectivity index (χ2n) is 9.97. The number of nitrogens with one attached hydrogen (secondary N) is 3. The van der Waals surface area contributed by atoms with Crippen molar-refractivity contribution in [3.8, 4) is 0 Å². The van der Waals surface area contributed by atoms with Crippen molar-refractivity contribution >= 4 is 28.6 Å². The fourth-order valence-corrected chi connectivity index (χ4v) is 5.48. The highest BCUT2D eigenvalue weighted by Gasteiger charge is 2.49. The summed E-state index contributed by atoms with van der Waals surface area (Å²) in [6.45, 7) is 6.62. The maximum atomic E-state index is 13.8. The van der Waals surface area contributed by atoms with Gasteiger partial charge in [-0.2, -0.15) is 0 Å². The topological polar surface area (TPSA) is 94.3 Å². The standard InChI is InChI=1S/C28H32N4O3/c1-4-13-29-26(33)22(14-16(2)3)31-27(34)23-15-20-17-9-7-8-12-21(17)30-24(20)25-18-10-5-6-11-19(18)28(35)32(23)25/h5-12,16,22-23,25,30H,4,13-15H2,1-3H3,(H,29,33)(H,31,34). The first-order valence-electron chi connectivity index (χ1n) is 12.5. The molecule has 2 aromatic carbocycles. The lowest BCUT2D eigenvalue weighted by Crippen LogP contribution is -2.56. The SMILES string of the molecule is CCCNC(=O)C(CC(C)C)NC(=O)C1Cc2c([nH]c3ccccc23)C2c3ccccc3C(=O)N12. The van der Waals surface area contributed by atoms with Crippen LogP contribution in [0.15, 0.2) is 48.5 Å². The van der Waals surface area contributed by atoms with Gasteiger partial charge in [-0.25, -0.2) is 0 Å². The third kappa shape index (κ3) is 3.99. The van der Waals surface area contributed by atoms with Crippen LogP contribution in [0, 0.1) is 5.92 Å². The minimum Gasteiger partial charge on any atom is -0.356 e. The molecule has 7 nitrogen and oxygen atoms in total. The molecule has 0 bridgehead atoms. The maximum absolute atomic E-state index is 13.8. The molecule has 35 heavy (non-hydrogen) atoms. The van der Waals surface area contributed by atoms with Crippen molar-refractivity contribution in [1.29, 1.82) is 0 Å². The van der Waals surface area contributed by atoms with Crippen LogP contribution in [0.5, 0.6) is 0 Å². The number of benzene rings is 2. The van der Waals surface area contributed by atoms with Crippen molar-refractivity contribution in [2.24, 2.45) is 5.92 Å². The van der Waals surface area contributed by atoms with E-state index < -0.39 is 12.1 Å². The average molecular weight is 473 g/mol. The third-order valence-electron chi connectivity index (χ3n) is 7.04. The number of hydrogen-bond acceptors (Lipinski definition) is 3. The van der Waals surface area contributed by atoms with Gasteiger partial charge in [-0.05, 0) is 42.0 Å². The molecule has 0 saturated carbocycles. The molecule has 0 spiro atoms. The summed E-state index contributed by atoms with van der Waals surface area (Å²) < 4.78 is 0. The number of aromatic amines is 1. The first-order valence-corrected chi connectivity index (χ1v) is 12.5. The van der Waals surface area contributed by atoms with Gasteiger partial charge in [0, 0.05) is 35.1 Å². The van der Waals surface area contributed by atoms with Gasteiger partial charge >= 0.3 is 0 Å². The molecule has 2 aliphatic rings. The van der Waals surface area contributed by atoms with Crippen LogP contribution in [0.4, 0.5) is 0 Å². The van der Waals surface area contributed by atoms with E-state index in [1.54, 1.807) is 4.90 Å². The number of H-pyrrole nitrogens is 1. The molecule has 3 N–H and O–H groups in total. The Morgan fingerprint density at radius 3 is 2.63 bits per heavy atom. The first kappa shape index (κ1) is 23.1. The van der Waals surface area contributed by atoms with Crippen molar-refractivity contribution < 1.29 is 14.4 Å². The lowest BCUT2D eigenvalue weighted by Gasteiger charge is -2.37. The lowest BCUT2D eigenvalue weighted by molar-refractivity contribution is -0.132. The van der Waals surface area contributed by atoms with Crippen LogP contribution in [0.1, 0.15) is 66.8 Å². The Labute approximate surface area is 205 Å². The normalized spacial score (nSPS) is 19.3. The zero-order valence-corrected chi connectivity index (χ0v) is 20.4. The van der Waals surface area contributed by atoms with E-state index in [1.807, 2.05) is 63.2 Å². The summed E-state index contributed by atoms with van der Waals surface area (Å²) >= 11 is 0. The molecule has 182 valence electrons. The first-order chi connectivity index (χ1) is 16.9. The summed E-state index contributed by atoms with van der Waals surface area (Å²) in [6.07, 6.45) is 1.75. The van der Waals surface area contributed by atoms with E-state index in [4.69, 9.17) is 0 Å². The zero-order valence-electron chi connectivity index (χ0n) is 20.4. The number of fused-ring (bicyclic) bond motifs is 7. The number of rotatable bonds is 7. The quantitative estimate of drug-likeness (QED) is 0.489. The average Bonchev–Trinajstić information content (AvgIpc) is 3.37. The van der Waals surface area contributed by atoms with Crippen LogP contribution in [-0.2, 0) is 16.0 Å². The monoisotopic (exact) mass is 472 g/mol. The van der Waals surface area contributed by atoms with Crippen molar-refractivity contribution in [3.05, 3.63) is 70.9 Å². The van der Waals surface area contributed by atoms with Gasteiger partial charge in [-0.3, -0.25) is 14.4 Å². The lowest BCUT2D eigenvalue weighted by atomic mass is 9.89. The van der Waals surface area contributed by atoms with E-state index in [9.17, 15) is 14.4 Å². The molecule has 5 rings (SSSR count). The summed E-state index contributed by atoms with van der Waals surface area (Å²) in [7, 11) is 0. The number of aromatic nitrogens is 1. The number of carbonyl (C=O) groups excluding carboxylic acids is 3. The molecule has 2 aliphatic heterocycles. The van der Waals surface area contributed by atoms with E-state index in [0.29, 0.717) is 24.9 Å². The molecule has 0 saturated heterocycles. The fourth-order valence-electron chi connectivity index (χ4n) is 5.48. The maximum Gasteiger partial charge on any atom is 0.255 e. The molecule has 0 radical (unpaired) electrons. The second kappa shape index (κ2) is 9.21. The van der Waals surface area contributed by atoms with Crippen LogP contribution >= 0.6 is 0 Å². The Kier molecular flexibility index (Phi) is 6.09. The van der Waals surface area contributed by atoms with Gasteiger partial charge in [0.1, 0.15) is 12.1 Å². The molecule has 0 aliphatic carbocycles. The van der Waals surface area contributed by atoms with Gasteiger partial charge in [0.2, 0.25) is 11.8 Å². The Bertz CT molecular complexity index is 1290. The van der Waals surface area contributed by atoms with E-state index >= 15 is 0 Å². The highest BCUT2D eigenvalue weighted by Crippen LogP contribution is 2.46. The van der Waals surface area contributed by atoms with Gasteiger partial charge in [0.05, 0.1) is 6.04 Å². The molecule has 3 unspecified atom stereocenters. The van der Waals surface area contributed by atoms with Gasteiger partial charge < -0.3 is 20.5 Å². The van der Waals surface area contributed by atoms with Crippen molar-refractivity contribution in [2.45, 2.75) is 58.2 Å². The molecule has 7 heteroatoms. The number of hydrogen-bond donors (Lipinski definition) is 3. The number of para-hydroxylation sites is 1. The minimum atomic E-state index is -0.708. The van der Waals surface area contributed by atoms with Crippen molar-refractivity contribution in [3.63, 3.8) is 0 Å². The molecule has 3 aromatic rings. The molecular weight excluding hydrogens is 440 g/mol. The summed E-state index contributed by atoms with van der Waals surface area (Å²) in [5, 5.41) is 6.98. The van der Waals surface area contributed by atoms with E-state index in [0.717, 1.165) is 34.1 Å². The van der Waals surface area contributed by atoms with E-state index in [-0.39, 0.29) is 29.7 Å². The van der Waals surface area contributed by atoms with Crippen LogP contribution in [0.2, 0.25) is 0 Å². The van der Waals surface area contributed by atoms with E-state index in [2.05, 4.69) is 21.7 Å². The number of amides is 3. The predicted molar refractivity (Wildman–Crippen MR) is 135 cm³/mol. The van der Waals surface area contributed by atoms with Gasteiger partial charge in [0.25, 0.3) is 5.91 Å². The molecule has 3 amide bonds. The fraction of sp³-hybridized carbons (Fsp3) is 0.393. The minimum absolute atomic E-state index is 0.147. The van der Waals surface area contributed by atoms with Crippen LogP contribution in [-0.4, -0.2) is 46.2 Å². The largest absolute Gasteiger partial charge is 0.356 e. The molecule has 3 atom stereocenters. The molecular formula is C28H32N4O3. The third-order valence-corrected chi connectivity index (χ3v) is 7.04. The summed E-state index contributed by atoms with van der Waals surface area (Å²) in [5.41, 5.74) is 4.55. The summed E-state index contributed by atoms with van der Waals surface area (Å²) in [6, 6.07) is 13.9. The highest BCUT2D eigenvalue weighted by atomic mass is 16.2. The second-order valence-corrected chi connectivity index (χ2v) is 9.97. The Balaban J connectivity index is 1.53. The Morgan fingerprint density at radius 1 is 1.11 bits per heavy atom. The van der Waals surface area contributed by atoms with Crippen LogP contribution < -0.4 is 10.6 Å². The smallest absolute Gasteiger partial charge is 0.255 e. The van der Waals surface area contributed by atoms with E-state index in [1.165, 1.54) is 0 Å². The van der Waals surface area contributed by atoms with Crippen LogP contribution in [0.25, 0.3) is 10.9 Å². The Hall–Kier alpha value is -3.61. The van der Waals surface area contributed by atoms with Gasteiger partial charge in [0.15, 0.2) is 0 Å². The predicted octanol–water partition coefficient (Wildman–Crippen LogP) is 3.69.